The summed E-state index contributed by atoms with van der Waals surface area (Å²) < 4.78 is 16.0. The van der Waals surface area contributed by atoms with E-state index in [4.69, 9.17) is 14.2 Å². The number of rotatable bonds is 6. The van der Waals surface area contributed by atoms with Gasteiger partial charge < -0.3 is 14.2 Å². The van der Waals surface area contributed by atoms with Crippen molar-refractivity contribution in [2.75, 3.05) is 26.9 Å². The van der Waals surface area contributed by atoms with Crippen molar-refractivity contribution >= 4 is 5.97 Å². The zero-order valence-corrected chi connectivity index (χ0v) is 14.8. The average Bonchev–Trinajstić information content (AvgIpc) is 2.83. The maximum atomic E-state index is 11.9. The summed E-state index contributed by atoms with van der Waals surface area (Å²) in [4.78, 5) is 11.9. The molecule has 0 aliphatic heterocycles. The Kier molecular flexibility index (Phi) is 5.71. The highest BCUT2D eigenvalue weighted by Crippen LogP contribution is 2.35. The van der Waals surface area contributed by atoms with Gasteiger partial charge in [-0.05, 0) is 72.7 Å². The van der Waals surface area contributed by atoms with Crippen LogP contribution in [0.15, 0.2) is 36.4 Å². The molecule has 0 saturated heterocycles. The third kappa shape index (κ3) is 4.02. The second kappa shape index (κ2) is 8.17. The largest absolute Gasteiger partial charge is 0.491 e. The van der Waals surface area contributed by atoms with Crippen molar-refractivity contribution in [2.45, 2.75) is 26.2 Å². The van der Waals surface area contributed by atoms with E-state index in [0.717, 1.165) is 30.6 Å². The number of carbonyl (C=O) groups is 1. The molecule has 4 nitrogen and oxygen atoms in total. The van der Waals surface area contributed by atoms with Gasteiger partial charge in [-0.15, -0.1) is 0 Å². The monoisotopic (exact) mass is 340 g/mol. The molecule has 132 valence electrons. The molecule has 0 spiro atoms. The van der Waals surface area contributed by atoms with E-state index in [1.165, 1.54) is 23.8 Å². The topological polar surface area (TPSA) is 44.8 Å². The van der Waals surface area contributed by atoms with Crippen LogP contribution in [-0.4, -0.2) is 32.9 Å². The van der Waals surface area contributed by atoms with E-state index in [1.807, 2.05) is 31.2 Å². The van der Waals surface area contributed by atoms with Crippen LogP contribution in [0.3, 0.4) is 0 Å². The van der Waals surface area contributed by atoms with Gasteiger partial charge in [0.2, 0.25) is 0 Å². The number of hydrogen-bond donors (Lipinski definition) is 0. The number of carbonyl (C=O) groups excluding carboxylic acids is 1. The van der Waals surface area contributed by atoms with Crippen LogP contribution in [0.5, 0.6) is 5.75 Å². The molecule has 0 N–H and O–H groups in total. The van der Waals surface area contributed by atoms with Crippen molar-refractivity contribution in [3.05, 3.63) is 53.1 Å². The minimum Gasteiger partial charge on any atom is -0.491 e. The SMILES string of the molecule is CCOCCOc1ccc2c(c1)CCCc1ccc(C(=O)OC)cc1-2. The maximum absolute atomic E-state index is 11.9. The van der Waals surface area contributed by atoms with Gasteiger partial charge >= 0.3 is 5.97 Å². The molecule has 4 heteroatoms. The van der Waals surface area contributed by atoms with Crippen LogP contribution in [-0.2, 0) is 22.3 Å². The fraction of sp³-hybridized carbons (Fsp3) is 0.381. The maximum Gasteiger partial charge on any atom is 0.337 e. The van der Waals surface area contributed by atoms with E-state index in [0.29, 0.717) is 25.4 Å². The van der Waals surface area contributed by atoms with Crippen molar-refractivity contribution < 1.29 is 19.0 Å². The minimum absolute atomic E-state index is 0.301. The van der Waals surface area contributed by atoms with Crippen LogP contribution in [0, 0.1) is 0 Å². The average molecular weight is 340 g/mol. The molecular formula is C21H24O4. The van der Waals surface area contributed by atoms with Gasteiger partial charge in [-0.3, -0.25) is 0 Å². The fourth-order valence-electron chi connectivity index (χ4n) is 3.25. The van der Waals surface area contributed by atoms with Crippen LogP contribution >= 0.6 is 0 Å². The zero-order chi connectivity index (χ0) is 17.6. The number of benzene rings is 2. The first-order chi connectivity index (χ1) is 12.2. The lowest BCUT2D eigenvalue weighted by Crippen LogP contribution is -2.06. The van der Waals surface area contributed by atoms with E-state index in [2.05, 4.69) is 12.1 Å². The lowest BCUT2D eigenvalue weighted by Gasteiger charge is -2.13. The predicted molar refractivity (Wildman–Crippen MR) is 97.2 cm³/mol. The van der Waals surface area contributed by atoms with Gasteiger partial charge in [0.25, 0.3) is 0 Å². The number of ether oxygens (including phenoxy) is 3. The smallest absolute Gasteiger partial charge is 0.337 e. The first kappa shape index (κ1) is 17.5. The van der Waals surface area contributed by atoms with Crippen molar-refractivity contribution in [3.8, 4) is 16.9 Å². The van der Waals surface area contributed by atoms with E-state index in [9.17, 15) is 4.79 Å². The van der Waals surface area contributed by atoms with Crippen LogP contribution in [0.4, 0.5) is 0 Å². The third-order valence-corrected chi connectivity index (χ3v) is 4.49. The van der Waals surface area contributed by atoms with Crippen LogP contribution in [0.1, 0.15) is 34.8 Å². The second-order valence-electron chi connectivity index (χ2n) is 6.08. The van der Waals surface area contributed by atoms with Gasteiger partial charge in [0, 0.05) is 6.61 Å². The van der Waals surface area contributed by atoms with Gasteiger partial charge in [0.15, 0.2) is 0 Å². The normalized spacial score (nSPS) is 12.7. The molecule has 0 aromatic heterocycles. The molecule has 0 bridgehead atoms. The Hall–Kier alpha value is -2.33. The highest BCUT2D eigenvalue weighted by molar-refractivity contribution is 5.91. The quantitative estimate of drug-likeness (QED) is 0.588. The predicted octanol–water partition coefficient (Wildman–Crippen LogP) is 4.04. The van der Waals surface area contributed by atoms with Crippen LogP contribution < -0.4 is 4.74 Å². The zero-order valence-electron chi connectivity index (χ0n) is 14.8. The lowest BCUT2D eigenvalue weighted by atomic mass is 9.94. The summed E-state index contributed by atoms with van der Waals surface area (Å²) in [5, 5.41) is 0. The highest BCUT2D eigenvalue weighted by atomic mass is 16.5. The summed E-state index contributed by atoms with van der Waals surface area (Å²) in [6, 6.07) is 12.0. The molecule has 0 saturated carbocycles. The summed E-state index contributed by atoms with van der Waals surface area (Å²) in [5.74, 6) is 0.565. The fourth-order valence-corrected chi connectivity index (χ4v) is 3.25. The highest BCUT2D eigenvalue weighted by Gasteiger charge is 2.17. The molecule has 1 aliphatic carbocycles. The van der Waals surface area contributed by atoms with Crippen LogP contribution in [0.25, 0.3) is 11.1 Å². The molecule has 25 heavy (non-hydrogen) atoms. The van der Waals surface area contributed by atoms with E-state index in [-0.39, 0.29) is 5.97 Å². The summed E-state index contributed by atoms with van der Waals surface area (Å²) in [6.07, 6.45) is 3.09. The van der Waals surface area contributed by atoms with Crippen LogP contribution in [0.2, 0.25) is 0 Å². The van der Waals surface area contributed by atoms with E-state index in [1.54, 1.807) is 0 Å². The first-order valence-corrected chi connectivity index (χ1v) is 8.78. The molecule has 2 aromatic carbocycles. The summed E-state index contributed by atoms with van der Waals surface area (Å²) >= 11 is 0. The Morgan fingerprint density at radius 3 is 2.64 bits per heavy atom. The number of methoxy groups -OCH3 is 1. The summed E-state index contributed by atoms with van der Waals surface area (Å²) in [7, 11) is 1.41. The van der Waals surface area contributed by atoms with Gasteiger partial charge in [-0.25, -0.2) is 4.79 Å². The van der Waals surface area contributed by atoms with Crippen molar-refractivity contribution in [3.63, 3.8) is 0 Å². The Labute approximate surface area is 148 Å². The Morgan fingerprint density at radius 1 is 1.00 bits per heavy atom. The van der Waals surface area contributed by atoms with Gasteiger partial charge in [0.05, 0.1) is 19.3 Å². The summed E-state index contributed by atoms with van der Waals surface area (Å²) in [6.45, 7) is 3.82. The van der Waals surface area contributed by atoms with Gasteiger partial charge in [-0.1, -0.05) is 12.1 Å². The molecular weight excluding hydrogens is 316 g/mol. The molecule has 3 rings (SSSR count). The molecule has 0 atom stereocenters. The molecule has 2 aromatic rings. The van der Waals surface area contributed by atoms with Crippen molar-refractivity contribution in [2.24, 2.45) is 0 Å². The Morgan fingerprint density at radius 2 is 1.84 bits per heavy atom. The summed E-state index contributed by atoms with van der Waals surface area (Å²) in [5.41, 5.74) is 5.42. The molecule has 0 amide bonds. The second-order valence-corrected chi connectivity index (χ2v) is 6.08. The van der Waals surface area contributed by atoms with E-state index < -0.39 is 0 Å². The van der Waals surface area contributed by atoms with Gasteiger partial charge in [-0.2, -0.15) is 0 Å². The number of aryl methyl sites for hydroxylation is 2. The first-order valence-electron chi connectivity index (χ1n) is 8.78. The van der Waals surface area contributed by atoms with Gasteiger partial charge in [0.1, 0.15) is 12.4 Å². The molecule has 1 aliphatic rings. The van der Waals surface area contributed by atoms with E-state index >= 15 is 0 Å². The molecule has 0 unspecified atom stereocenters. The number of hydrogen-bond acceptors (Lipinski definition) is 4. The third-order valence-electron chi connectivity index (χ3n) is 4.49. The Bertz CT molecular complexity index is 752. The van der Waals surface area contributed by atoms with Crippen molar-refractivity contribution in [1.82, 2.24) is 0 Å². The number of fused-ring (bicyclic) bond motifs is 3. The Balaban J connectivity index is 1.89. The minimum atomic E-state index is -0.301. The standard InChI is InChI=1S/C21H24O4/c1-3-24-11-12-25-18-9-10-19-16(13-18)6-4-5-15-7-8-17(14-20(15)19)21(22)23-2/h7-10,13-14H,3-6,11-12H2,1-2H3. The molecule has 0 radical (unpaired) electrons. The molecule has 0 heterocycles. The lowest BCUT2D eigenvalue weighted by molar-refractivity contribution is 0.0601. The van der Waals surface area contributed by atoms with Crippen molar-refractivity contribution in [1.29, 1.82) is 0 Å². The molecule has 0 fully saturated rings. The number of esters is 1.